The predicted molar refractivity (Wildman–Crippen MR) is 239 cm³/mol. The number of benzene rings is 1. The number of primary amides is 1. The minimum Gasteiger partial charge on any atom is -0.481 e. The van der Waals surface area contributed by atoms with Gasteiger partial charge in [0.15, 0.2) is 0 Å². The Labute approximate surface area is 378 Å². The molecule has 1 aromatic rings. The van der Waals surface area contributed by atoms with Gasteiger partial charge in [-0.1, -0.05) is 64.4 Å². The van der Waals surface area contributed by atoms with Crippen LogP contribution in [0.3, 0.4) is 0 Å². The molecule has 0 saturated carbocycles. The van der Waals surface area contributed by atoms with Crippen molar-refractivity contribution in [2.75, 3.05) is 31.7 Å². The number of nitrogens with one attached hydrogen (secondary N) is 6. The maximum absolute atomic E-state index is 14.0. The summed E-state index contributed by atoms with van der Waals surface area (Å²) < 4.78 is 0. The number of amides is 8. The van der Waals surface area contributed by atoms with Crippen LogP contribution in [0.1, 0.15) is 78.2 Å². The van der Waals surface area contributed by atoms with Crippen molar-refractivity contribution in [3.8, 4) is 0 Å². The third-order valence-corrected chi connectivity index (χ3v) is 11.1. The Kier molecular flexibility index (Phi) is 23.8. The largest absolute Gasteiger partial charge is 0.481 e. The van der Waals surface area contributed by atoms with Crippen LogP contribution in [0, 0.1) is 11.8 Å². The highest BCUT2D eigenvalue weighted by Gasteiger charge is 2.42. The molecular weight excluding hydrogens is 853 g/mol. The predicted octanol–water partition coefficient (Wildman–Crippen LogP) is -2.40. The molecule has 1 saturated heterocycles. The molecule has 14 N–H and O–H groups in total. The Hall–Kier alpha value is -5.32. The monoisotopic (exact) mass is 920 g/mol. The third-order valence-electron chi connectivity index (χ3n) is 10.5. The van der Waals surface area contributed by atoms with Gasteiger partial charge in [0, 0.05) is 13.0 Å². The topological polar surface area (TPSA) is 348 Å². The molecule has 22 heteroatoms. The minimum atomic E-state index is -1.72. The van der Waals surface area contributed by atoms with Crippen LogP contribution < -0.4 is 49.1 Å². The Morgan fingerprint density at radius 3 is 1.95 bits per heavy atom. The molecule has 358 valence electrons. The van der Waals surface area contributed by atoms with Gasteiger partial charge in [0.2, 0.25) is 47.3 Å². The van der Waals surface area contributed by atoms with Crippen LogP contribution in [0.4, 0.5) is 0 Å². The SMILES string of the molecule is CSCC[C@H](NC(=O)[C@H](CC(C)C)N1CC[C@H](NC(=O)C(NC(=O)[C@H](Cc2ccccc2)NC(=O)[C@H](CO)NC(=O)[C@H](CC(=O)O)NC(=O)[C@@H](N)CCCCN)C(C)C)C1=O)C(N)=O. The Balaban J connectivity index is 2.26. The molecule has 1 aliphatic heterocycles. The summed E-state index contributed by atoms with van der Waals surface area (Å²) in [5.74, 6) is -7.71. The van der Waals surface area contributed by atoms with E-state index >= 15 is 0 Å². The van der Waals surface area contributed by atoms with Crippen LogP contribution >= 0.6 is 11.8 Å². The highest BCUT2D eigenvalue weighted by Crippen LogP contribution is 2.21. The van der Waals surface area contributed by atoms with E-state index in [0.29, 0.717) is 37.1 Å². The normalized spacial score (nSPS) is 17.0. The van der Waals surface area contributed by atoms with Crippen molar-refractivity contribution in [1.82, 2.24) is 36.8 Å². The highest BCUT2D eigenvalue weighted by molar-refractivity contribution is 7.98. The summed E-state index contributed by atoms with van der Waals surface area (Å²) in [6, 6.07) is -1.51. The van der Waals surface area contributed by atoms with Gasteiger partial charge in [0.25, 0.3) is 0 Å². The average molecular weight is 921 g/mol. The van der Waals surface area contributed by atoms with Gasteiger partial charge in [-0.3, -0.25) is 43.2 Å². The van der Waals surface area contributed by atoms with Crippen molar-refractivity contribution in [1.29, 1.82) is 0 Å². The molecule has 0 aliphatic carbocycles. The summed E-state index contributed by atoms with van der Waals surface area (Å²) in [4.78, 5) is 120. The number of carboxylic acid groups (broad SMARTS) is 1. The number of aliphatic hydroxyl groups is 1. The minimum absolute atomic E-state index is 0.0214. The number of hydrogen-bond donors (Lipinski definition) is 11. The smallest absolute Gasteiger partial charge is 0.305 e. The summed E-state index contributed by atoms with van der Waals surface area (Å²) in [5, 5.41) is 34.7. The van der Waals surface area contributed by atoms with E-state index in [9.17, 15) is 53.4 Å². The number of hydrogen-bond acceptors (Lipinski definition) is 13. The zero-order valence-corrected chi connectivity index (χ0v) is 38.1. The summed E-state index contributed by atoms with van der Waals surface area (Å²) in [7, 11) is 0. The number of likely N-dealkylation sites (tertiary alicyclic amines) is 1. The number of carbonyl (C=O) groups excluding carboxylic acids is 8. The molecule has 0 radical (unpaired) electrons. The number of rotatable bonds is 29. The molecule has 0 bridgehead atoms. The molecule has 2 rings (SSSR count). The molecule has 1 unspecified atom stereocenters. The lowest BCUT2D eigenvalue weighted by Gasteiger charge is -2.30. The van der Waals surface area contributed by atoms with Gasteiger partial charge in [-0.05, 0) is 68.1 Å². The standard InChI is InChI=1S/C42H68N10O11S/c1-23(2)19-32(40(61)46-27(35(45)56)15-18-64-5)52-17-14-28(42(52)63)47-41(62)34(24(3)4)51-38(59)29(20-25-11-7-6-8-12-25)49-39(60)31(22-53)50-37(58)30(21-33(54)55)48-36(57)26(44)13-9-10-16-43/h6-8,11-12,23-24,26-32,34,53H,9-10,13-22,43-44H2,1-5H3,(H2,45,56)(H,46,61)(H,47,62)(H,48,57)(H,49,60)(H,50,58)(H,51,59)(H,54,55)/t26-,27-,28-,29-,30-,31-,32-,34?/m0/s1. The van der Waals surface area contributed by atoms with Crippen LogP contribution in [-0.2, 0) is 49.6 Å². The molecule has 0 aromatic heterocycles. The fourth-order valence-corrected chi connectivity index (χ4v) is 7.38. The van der Waals surface area contributed by atoms with Gasteiger partial charge in [-0.2, -0.15) is 11.8 Å². The van der Waals surface area contributed by atoms with E-state index in [2.05, 4.69) is 31.9 Å². The number of carbonyl (C=O) groups is 9. The van der Waals surface area contributed by atoms with E-state index in [1.54, 1.807) is 44.2 Å². The molecule has 0 spiro atoms. The van der Waals surface area contributed by atoms with Crippen LogP contribution in [0.25, 0.3) is 0 Å². The Morgan fingerprint density at radius 2 is 1.39 bits per heavy atom. The van der Waals surface area contributed by atoms with Gasteiger partial charge >= 0.3 is 5.97 Å². The molecule has 64 heavy (non-hydrogen) atoms. The van der Waals surface area contributed by atoms with Gasteiger partial charge < -0.3 is 64.2 Å². The first kappa shape index (κ1) is 54.8. The average Bonchev–Trinajstić information content (AvgIpc) is 3.59. The van der Waals surface area contributed by atoms with Gasteiger partial charge in [-0.25, -0.2) is 0 Å². The lowest BCUT2D eigenvalue weighted by Crippen LogP contribution is -2.61. The maximum atomic E-state index is 14.0. The summed E-state index contributed by atoms with van der Waals surface area (Å²) in [6.07, 6.45) is 2.91. The van der Waals surface area contributed by atoms with Crippen molar-refractivity contribution >= 4 is 65.0 Å². The Morgan fingerprint density at radius 1 is 0.797 bits per heavy atom. The molecule has 8 atom stereocenters. The number of aliphatic hydroxyl groups excluding tert-OH is 1. The van der Waals surface area contributed by atoms with Crippen LogP contribution in [0.15, 0.2) is 30.3 Å². The van der Waals surface area contributed by atoms with Gasteiger partial charge in [-0.15, -0.1) is 0 Å². The number of nitrogens with two attached hydrogens (primary N) is 3. The molecule has 21 nitrogen and oxygen atoms in total. The summed E-state index contributed by atoms with van der Waals surface area (Å²) in [5.41, 5.74) is 17.5. The fourth-order valence-electron chi connectivity index (χ4n) is 6.91. The number of aliphatic carboxylic acids is 1. The van der Waals surface area contributed by atoms with Gasteiger partial charge in [0.1, 0.15) is 42.3 Å². The van der Waals surface area contributed by atoms with E-state index in [1.807, 2.05) is 20.1 Å². The maximum Gasteiger partial charge on any atom is 0.305 e. The zero-order chi connectivity index (χ0) is 48.1. The van der Waals surface area contributed by atoms with Crippen molar-refractivity contribution in [2.24, 2.45) is 29.0 Å². The molecule has 1 heterocycles. The van der Waals surface area contributed by atoms with Crippen molar-refractivity contribution in [2.45, 2.75) is 127 Å². The highest BCUT2D eigenvalue weighted by atomic mass is 32.2. The number of unbranched alkanes of at least 4 members (excludes halogenated alkanes) is 1. The quantitative estimate of drug-likeness (QED) is 0.0374. The second-order valence-electron chi connectivity index (χ2n) is 16.5. The van der Waals surface area contributed by atoms with E-state index < -0.39 is 121 Å². The van der Waals surface area contributed by atoms with Crippen LogP contribution in [-0.4, -0.2) is 148 Å². The summed E-state index contributed by atoms with van der Waals surface area (Å²) in [6.45, 7) is 6.58. The van der Waals surface area contributed by atoms with E-state index in [-0.39, 0.29) is 38.1 Å². The summed E-state index contributed by atoms with van der Waals surface area (Å²) >= 11 is 1.48. The number of carboxylic acids is 1. The van der Waals surface area contributed by atoms with E-state index in [1.165, 1.54) is 16.7 Å². The van der Waals surface area contributed by atoms with Crippen molar-refractivity contribution in [3.05, 3.63) is 35.9 Å². The molecular formula is C42H68N10O11S. The zero-order valence-electron chi connectivity index (χ0n) is 37.3. The number of thioether (sulfide) groups is 1. The van der Waals surface area contributed by atoms with Crippen LogP contribution in [0.5, 0.6) is 0 Å². The first-order chi connectivity index (χ1) is 30.2. The van der Waals surface area contributed by atoms with Crippen LogP contribution in [0.2, 0.25) is 0 Å². The molecule has 8 amide bonds. The second-order valence-corrected chi connectivity index (χ2v) is 17.5. The lowest BCUT2D eigenvalue weighted by atomic mass is 10.00. The number of nitrogens with zero attached hydrogens (tertiary/aromatic N) is 1. The van der Waals surface area contributed by atoms with E-state index in [0.717, 1.165) is 0 Å². The Bertz CT molecular complexity index is 1750. The molecule has 1 aromatic carbocycles. The van der Waals surface area contributed by atoms with Gasteiger partial charge in [0.05, 0.1) is 19.1 Å². The second kappa shape index (κ2) is 27.8. The molecule has 1 aliphatic rings. The van der Waals surface area contributed by atoms with Crippen molar-refractivity contribution < 1.29 is 53.4 Å². The first-order valence-electron chi connectivity index (χ1n) is 21.5. The van der Waals surface area contributed by atoms with E-state index in [4.69, 9.17) is 17.2 Å². The molecule has 1 fully saturated rings. The van der Waals surface area contributed by atoms with Crippen molar-refractivity contribution in [3.63, 3.8) is 0 Å². The fraction of sp³-hybridized carbons (Fsp3) is 0.643. The third kappa shape index (κ3) is 18.0. The lowest BCUT2D eigenvalue weighted by molar-refractivity contribution is -0.141. The first-order valence-corrected chi connectivity index (χ1v) is 22.9.